The number of sulfonamides is 1. The fraction of sp³-hybridized carbons (Fsp3) is 0.200. The van der Waals surface area contributed by atoms with Gasteiger partial charge in [-0.3, -0.25) is 0 Å². The number of para-hydroxylation sites is 1. The van der Waals surface area contributed by atoms with Crippen LogP contribution in [-0.4, -0.2) is 25.4 Å². The Bertz CT molecular complexity index is 1890. The van der Waals surface area contributed by atoms with E-state index < -0.39 is 22.0 Å². The summed E-state index contributed by atoms with van der Waals surface area (Å²) >= 11 is 0. The van der Waals surface area contributed by atoms with Gasteiger partial charge < -0.3 is 14.1 Å². The van der Waals surface area contributed by atoms with E-state index in [1.54, 1.807) is 30.5 Å². The molecule has 2 heterocycles. The zero-order chi connectivity index (χ0) is 27.1. The number of nitrogens with one attached hydrogen (secondary N) is 2. The van der Waals surface area contributed by atoms with Crippen LogP contribution in [0.5, 0.6) is 5.75 Å². The highest BCUT2D eigenvalue weighted by Gasteiger charge is 2.29. The molecule has 0 saturated heterocycles. The smallest absolute Gasteiger partial charge is 0.339 e. The highest BCUT2D eigenvalue weighted by Crippen LogP contribution is 2.30. The van der Waals surface area contributed by atoms with Gasteiger partial charge in [-0.2, -0.15) is 4.72 Å². The minimum Gasteiger partial charge on any atom is -0.425 e. The lowest BCUT2D eigenvalue weighted by Crippen LogP contribution is -2.44. The molecule has 0 amide bonds. The van der Waals surface area contributed by atoms with Crippen LogP contribution in [0, 0.1) is 6.92 Å². The lowest BCUT2D eigenvalue weighted by Gasteiger charge is -2.18. The first-order valence-electron chi connectivity index (χ1n) is 12.7. The number of aryl methyl sites for hydroxylation is 2. The van der Waals surface area contributed by atoms with Gasteiger partial charge in [-0.25, -0.2) is 18.0 Å². The lowest BCUT2D eigenvalue weighted by atomic mass is 10.1. The van der Waals surface area contributed by atoms with Crippen molar-refractivity contribution < 1.29 is 22.4 Å². The van der Waals surface area contributed by atoms with E-state index in [-0.39, 0.29) is 22.7 Å². The zero-order valence-corrected chi connectivity index (χ0v) is 22.0. The molecule has 0 saturated carbocycles. The van der Waals surface area contributed by atoms with Gasteiger partial charge >= 0.3 is 11.6 Å². The van der Waals surface area contributed by atoms with Crippen LogP contribution in [0.2, 0.25) is 0 Å². The quantitative estimate of drug-likeness (QED) is 0.177. The molecule has 2 N–H and O–H groups in total. The van der Waals surface area contributed by atoms with Gasteiger partial charge in [0.2, 0.25) is 10.0 Å². The number of ether oxygens (including phenoxy) is 1. The molecule has 2 aromatic heterocycles. The van der Waals surface area contributed by atoms with Crippen molar-refractivity contribution >= 4 is 37.9 Å². The largest absolute Gasteiger partial charge is 0.425 e. The zero-order valence-electron chi connectivity index (χ0n) is 21.2. The number of carbonyl (C=O) groups is 1. The van der Waals surface area contributed by atoms with Gasteiger partial charge in [0.1, 0.15) is 17.4 Å². The van der Waals surface area contributed by atoms with Crippen molar-refractivity contribution in [1.29, 1.82) is 0 Å². The molecule has 0 spiro atoms. The van der Waals surface area contributed by atoms with E-state index in [2.05, 4.69) is 9.71 Å². The van der Waals surface area contributed by atoms with Crippen molar-refractivity contribution in [2.45, 2.75) is 43.5 Å². The Hall–Kier alpha value is -4.21. The number of esters is 1. The maximum absolute atomic E-state index is 13.5. The second kappa shape index (κ2) is 9.83. The molecule has 1 aliphatic carbocycles. The molecular weight excluding hydrogens is 516 g/mol. The van der Waals surface area contributed by atoms with Crippen molar-refractivity contribution in [3.8, 4) is 5.75 Å². The predicted molar refractivity (Wildman–Crippen MR) is 147 cm³/mol. The monoisotopic (exact) mass is 542 g/mol. The number of aromatic amines is 1. The topological polar surface area (TPSA) is 118 Å². The van der Waals surface area contributed by atoms with Gasteiger partial charge in [-0.15, -0.1) is 0 Å². The number of carbonyl (C=O) groups excluding carboxylic acids is 1. The first kappa shape index (κ1) is 25.1. The van der Waals surface area contributed by atoms with Gasteiger partial charge in [0.25, 0.3) is 0 Å². The molecule has 0 radical (unpaired) electrons. The fourth-order valence-corrected chi connectivity index (χ4v) is 6.37. The summed E-state index contributed by atoms with van der Waals surface area (Å²) in [6.07, 6.45) is 4.21. The van der Waals surface area contributed by atoms with E-state index >= 15 is 0 Å². The molecule has 0 unspecified atom stereocenters. The van der Waals surface area contributed by atoms with Crippen LogP contribution in [0.25, 0.3) is 21.9 Å². The molecule has 1 atom stereocenters. The Kier molecular flexibility index (Phi) is 6.32. The highest BCUT2D eigenvalue weighted by atomic mass is 32.2. The summed E-state index contributed by atoms with van der Waals surface area (Å²) in [6.45, 7) is 1.86. The van der Waals surface area contributed by atoms with Gasteiger partial charge in [0.05, 0.1) is 4.90 Å². The Morgan fingerprint density at radius 3 is 2.62 bits per heavy atom. The number of benzene rings is 3. The van der Waals surface area contributed by atoms with E-state index in [0.29, 0.717) is 17.6 Å². The van der Waals surface area contributed by atoms with Gasteiger partial charge in [0.15, 0.2) is 0 Å². The average Bonchev–Trinajstić information content (AvgIpc) is 3.57. The molecule has 3 aromatic carbocycles. The van der Waals surface area contributed by atoms with Gasteiger partial charge in [0, 0.05) is 40.5 Å². The first-order valence-corrected chi connectivity index (χ1v) is 14.2. The number of hydrogen-bond acceptors (Lipinski definition) is 6. The molecule has 5 aromatic rings. The molecule has 0 aliphatic heterocycles. The van der Waals surface area contributed by atoms with Crippen LogP contribution in [0.4, 0.5) is 0 Å². The first-order chi connectivity index (χ1) is 18.8. The molecule has 6 rings (SSSR count). The van der Waals surface area contributed by atoms with E-state index in [9.17, 15) is 18.0 Å². The Morgan fingerprint density at radius 1 is 1.03 bits per heavy atom. The summed E-state index contributed by atoms with van der Waals surface area (Å²) in [5, 5.41) is 1.70. The highest BCUT2D eigenvalue weighted by molar-refractivity contribution is 7.89. The molecule has 39 heavy (non-hydrogen) atoms. The van der Waals surface area contributed by atoms with E-state index in [0.717, 1.165) is 45.8 Å². The standard InChI is InChI=1S/C30H26N2O6S/c1-18-9-12-21(13-10-18)39(35,36)32-27(15-19-17-31-26-8-3-2-5-22(19)26)30(34)37-20-11-14-24-23-6-4-7-25(23)29(33)38-28(24)16-20/h2-3,5,8-14,16-17,27,31-32H,4,6-7,15H2,1H3/t27-/m0/s1. The third-order valence-electron chi connectivity index (χ3n) is 7.18. The summed E-state index contributed by atoms with van der Waals surface area (Å²) in [5.74, 6) is -0.620. The van der Waals surface area contributed by atoms with Crippen molar-refractivity contribution in [3.63, 3.8) is 0 Å². The molecular formula is C30H26N2O6S. The van der Waals surface area contributed by atoms with Crippen LogP contribution in [0.15, 0.2) is 87.0 Å². The Morgan fingerprint density at radius 2 is 1.79 bits per heavy atom. The maximum Gasteiger partial charge on any atom is 0.339 e. The van der Waals surface area contributed by atoms with E-state index in [1.165, 1.54) is 18.2 Å². The van der Waals surface area contributed by atoms with Crippen LogP contribution >= 0.6 is 0 Å². The van der Waals surface area contributed by atoms with Crippen LogP contribution < -0.4 is 15.1 Å². The van der Waals surface area contributed by atoms with E-state index in [4.69, 9.17) is 9.15 Å². The van der Waals surface area contributed by atoms with Gasteiger partial charge in [-0.05, 0) is 67.6 Å². The molecule has 1 aliphatic rings. The van der Waals surface area contributed by atoms with Crippen LogP contribution in [0.1, 0.15) is 28.7 Å². The third-order valence-corrected chi connectivity index (χ3v) is 8.66. The second-order valence-electron chi connectivity index (χ2n) is 9.83. The number of fused-ring (bicyclic) bond motifs is 4. The van der Waals surface area contributed by atoms with Crippen molar-refractivity contribution in [2.24, 2.45) is 0 Å². The van der Waals surface area contributed by atoms with Gasteiger partial charge in [-0.1, -0.05) is 35.9 Å². The van der Waals surface area contributed by atoms with E-state index in [1.807, 2.05) is 31.2 Å². The molecule has 8 nitrogen and oxygen atoms in total. The van der Waals surface area contributed by atoms with Crippen molar-refractivity contribution in [2.75, 3.05) is 0 Å². The summed E-state index contributed by atoms with van der Waals surface area (Å²) in [7, 11) is -4.04. The second-order valence-corrected chi connectivity index (χ2v) is 11.5. The van der Waals surface area contributed by atoms with Crippen molar-refractivity contribution in [1.82, 2.24) is 9.71 Å². The minimum atomic E-state index is -4.04. The average molecular weight is 543 g/mol. The molecule has 0 bridgehead atoms. The lowest BCUT2D eigenvalue weighted by molar-refractivity contribution is -0.136. The maximum atomic E-state index is 13.5. The molecule has 0 fully saturated rings. The Balaban J connectivity index is 1.32. The Labute approximate surface area is 224 Å². The molecule has 198 valence electrons. The summed E-state index contributed by atoms with van der Waals surface area (Å²) < 4.78 is 40.2. The summed E-state index contributed by atoms with van der Waals surface area (Å²) in [6, 6.07) is 17.7. The van der Waals surface area contributed by atoms with Crippen LogP contribution in [-0.2, 0) is 34.1 Å². The summed E-state index contributed by atoms with van der Waals surface area (Å²) in [5.41, 5.74) is 4.19. The molecule has 9 heteroatoms. The summed E-state index contributed by atoms with van der Waals surface area (Å²) in [4.78, 5) is 29.1. The number of aromatic nitrogens is 1. The normalized spacial score (nSPS) is 14.0. The SMILES string of the molecule is Cc1ccc(S(=O)(=O)N[C@@H](Cc2c[nH]c3ccccc23)C(=O)Oc2ccc3c4c(c(=O)oc3c2)CCC4)cc1. The third kappa shape index (κ3) is 4.86. The predicted octanol–water partition coefficient (Wildman–Crippen LogP) is 4.57. The minimum absolute atomic E-state index is 0.0474. The van der Waals surface area contributed by atoms with Crippen molar-refractivity contribution in [3.05, 3.63) is 106 Å². The number of rotatable bonds is 7. The fourth-order valence-electron chi connectivity index (χ4n) is 5.18. The van der Waals surface area contributed by atoms with Crippen LogP contribution in [0.3, 0.4) is 0 Å². The number of H-pyrrole nitrogens is 1. The number of hydrogen-bond donors (Lipinski definition) is 2.